The summed E-state index contributed by atoms with van der Waals surface area (Å²) in [5.41, 5.74) is 5.53. The fraction of sp³-hybridized carbons (Fsp3) is 0.538. The largest absolute Gasteiger partial charge is 0.481 e. The van der Waals surface area contributed by atoms with Crippen molar-refractivity contribution in [1.29, 1.82) is 0 Å². The molecule has 1 rings (SSSR count). The first kappa shape index (κ1) is 14.4. The number of carboxylic acids is 1. The maximum atomic E-state index is 11.5. The average molecular weight is 252 g/mol. The number of aliphatic carboxylic acids is 1. The number of pyridine rings is 1. The van der Waals surface area contributed by atoms with Gasteiger partial charge in [0.1, 0.15) is 0 Å². The Morgan fingerprint density at radius 1 is 1.61 bits per heavy atom. The van der Waals surface area contributed by atoms with Crippen LogP contribution in [-0.4, -0.2) is 29.7 Å². The topological polar surface area (TPSA) is 85.4 Å². The number of ether oxygens (including phenoxy) is 1. The molecule has 0 aliphatic carbocycles. The lowest BCUT2D eigenvalue weighted by Gasteiger charge is -2.27. The first-order valence-corrected chi connectivity index (χ1v) is 6.01. The zero-order chi connectivity index (χ0) is 13.6. The molecular formula is C13H20N2O3. The van der Waals surface area contributed by atoms with Gasteiger partial charge in [-0.05, 0) is 18.9 Å². The van der Waals surface area contributed by atoms with Gasteiger partial charge in [0.25, 0.3) is 0 Å². The SMILES string of the molecule is CCCC(CN)(Cc1cccnc1OC)C(=O)O. The van der Waals surface area contributed by atoms with Crippen LogP contribution in [0.5, 0.6) is 5.88 Å². The van der Waals surface area contributed by atoms with Crippen LogP contribution >= 0.6 is 0 Å². The van der Waals surface area contributed by atoms with E-state index in [2.05, 4.69) is 4.98 Å². The Kier molecular flexibility index (Phi) is 5.09. The molecule has 1 heterocycles. The summed E-state index contributed by atoms with van der Waals surface area (Å²) >= 11 is 0. The first-order valence-electron chi connectivity index (χ1n) is 6.01. The minimum Gasteiger partial charge on any atom is -0.481 e. The van der Waals surface area contributed by atoms with Crippen molar-refractivity contribution in [2.75, 3.05) is 13.7 Å². The number of aromatic nitrogens is 1. The van der Waals surface area contributed by atoms with Gasteiger partial charge in [-0.2, -0.15) is 0 Å². The highest BCUT2D eigenvalue weighted by molar-refractivity contribution is 5.75. The van der Waals surface area contributed by atoms with Gasteiger partial charge in [0.15, 0.2) is 0 Å². The van der Waals surface area contributed by atoms with E-state index in [0.717, 1.165) is 12.0 Å². The fourth-order valence-corrected chi connectivity index (χ4v) is 2.12. The minimum atomic E-state index is -0.939. The summed E-state index contributed by atoms with van der Waals surface area (Å²) in [6, 6.07) is 3.60. The second-order valence-corrected chi connectivity index (χ2v) is 4.39. The number of carboxylic acid groups (broad SMARTS) is 1. The molecule has 5 nitrogen and oxygen atoms in total. The van der Waals surface area contributed by atoms with Gasteiger partial charge in [0.05, 0.1) is 12.5 Å². The van der Waals surface area contributed by atoms with E-state index < -0.39 is 11.4 Å². The van der Waals surface area contributed by atoms with Crippen molar-refractivity contribution >= 4 is 5.97 Å². The molecule has 0 saturated carbocycles. The summed E-state index contributed by atoms with van der Waals surface area (Å²) in [4.78, 5) is 15.6. The highest BCUT2D eigenvalue weighted by atomic mass is 16.5. The highest BCUT2D eigenvalue weighted by Crippen LogP contribution is 2.31. The number of hydrogen-bond donors (Lipinski definition) is 2. The van der Waals surface area contributed by atoms with Crippen LogP contribution in [0.4, 0.5) is 0 Å². The Balaban J connectivity index is 3.06. The van der Waals surface area contributed by atoms with E-state index in [0.29, 0.717) is 18.7 Å². The van der Waals surface area contributed by atoms with E-state index in [-0.39, 0.29) is 6.54 Å². The summed E-state index contributed by atoms with van der Waals surface area (Å²) < 4.78 is 5.15. The van der Waals surface area contributed by atoms with Crippen molar-refractivity contribution in [3.05, 3.63) is 23.9 Å². The van der Waals surface area contributed by atoms with Crippen molar-refractivity contribution in [1.82, 2.24) is 4.98 Å². The lowest BCUT2D eigenvalue weighted by molar-refractivity contribution is -0.148. The van der Waals surface area contributed by atoms with Crippen LogP contribution in [0.25, 0.3) is 0 Å². The molecule has 100 valence electrons. The van der Waals surface area contributed by atoms with Gasteiger partial charge in [-0.3, -0.25) is 4.79 Å². The molecule has 1 aromatic rings. The Labute approximate surface area is 107 Å². The first-order chi connectivity index (χ1) is 8.59. The number of hydrogen-bond acceptors (Lipinski definition) is 4. The molecule has 5 heteroatoms. The van der Waals surface area contributed by atoms with Crippen molar-refractivity contribution in [3.8, 4) is 5.88 Å². The Hall–Kier alpha value is -1.62. The molecule has 1 unspecified atom stereocenters. The van der Waals surface area contributed by atoms with Crippen molar-refractivity contribution < 1.29 is 14.6 Å². The van der Waals surface area contributed by atoms with Crippen LogP contribution in [0.1, 0.15) is 25.3 Å². The van der Waals surface area contributed by atoms with Gasteiger partial charge in [0, 0.05) is 18.3 Å². The molecule has 0 fully saturated rings. The number of nitrogens with zero attached hydrogens (tertiary/aromatic N) is 1. The zero-order valence-corrected chi connectivity index (χ0v) is 10.8. The summed E-state index contributed by atoms with van der Waals surface area (Å²) in [5, 5.41) is 9.44. The lowest BCUT2D eigenvalue weighted by atomic mass is 9.78. The second kappa shape index (κ2) is 6.35. The number of carbonyl (C=O) groups is 1. The number of methoxy groups -OCH3 is 1. The second-order valence-electron chi connectivity index (χ2n) is 4.39. The molecule has 3 N–H and O–H groups in total. The van der Waals surface area contributed by atoms with Crippen molar-refractivity contribution in [3.63, 3.8) is 0 Å². The molecule has 0 bridgehead atoms. The quantitative estimate of drug-likeness (QED) is 0.767. The van der Waals surface area contributed by atoms with Crippen molar-refractivity contribution in [2.24, 2.45) is 11.1 Å². The Morgan fingerprint density at radius 3 is 2.83 bits per heavy atom. The lowest BCUT2D eigenvalue weighted by Crippen LogP contribution is -2.40. The smallest absolute Gasteiger partial charge is 0.311 e. The van der Waals surface area contributed by atoms with E-state index in [9.17, 15) is 9.90 Å². The van der Waals surface area contributed by atoms with E-state index in [4.69, 9.17) is 10.5 Å². The third-order valence-corrected chi connectivity index (χ3v) is 3.15. The van der Waals surface area contributed by atoms with Crippen LogP contribution < -0.4 is 10.5 Å². The van der Waals surface area contributed by atoms with Crippen molar-refractivity contribution in [2.45, 2.75) is 26.2 Å². The van der Waals surface area contributed by atoms with Gasteiger partial charge in [-0.1, -0.05) is 19.4 Å². The molecule has 0 amide bonds. The zero-order valence-electron chi connectivity index (χ0n) is 10.8. The normalized spacial score (nSPS) is 13.9. The monoisotopic (exact) mass is 252 g/mol. The van der Waals surface area contributed by atoms with E-state index in [1.807, 2.05) is 13.0 Å². The summed E-state index contributed by atoms with van der Waals surface area (Å²) in [6.45, 7) is 2.06. The maximum Gasteiger partial charge on any atom is 0.311 e. The average Bonchev–Trinajstić information content (AvgIpc) is 2.38. The van der Waals surface area contributed by atoms with Gasteiger partial charge >= 0.3 is 5.97 Å². The van der Waals surface area contributed by atoms with Crippen LogP contribution in [0, 0.1) is 5.41 Å². The predicted molar refractivity (Wildman–Crippen MR) is 68.5 cm³/mol. The third kappa shape index (κ3) is 2.98. The summed E-state index contributed by atoms with van der Waals surface area (Å²) in [7, 11) is 1.52. The maximum absolute atomic E-state index is 11.5. The standard InChI is InChI=1S/C13H20N2O3/c1-3-6-13(9-14,12(16)17)8-10-5-4-7-15-11(10)18-2/h4-5,7H,3,6,8-9,14H2,1-2H3,(H,16,17). The van der Waals surface area contributed by atoms with E-state index in [1.165, 1.54) is 7.11 Å². The van der Waals surface area contributed by atoms with Crippen LogP contribution in [0.2, 0.25) is 0 Å². The van der Waals surface area contributed by atoms with Crippen LogP contribution in [0.15, 0.2) is 18.3 Å². The summed E-state index contributed by atoms with van der Waals surface area (Å²) in [5.74, 6) is -0.398. The molecule has 0 aliphatic rings. The van der Waals surface area contributed by atoms with E-state index in [1.54, 1.807) is 12.3 Å². The molecule has 1 aromatic heterocycles. The molecule has 0 spiro atoms. The van der Waals surface area contributed by atoms with Crippen LogP contribution in [-0.2, 0) is 11.2 Å². The minimum absolute atomic E-state index is 0.105. The molecule has 18 heavy (non-hydrogen) atoms. The molecule has 1 atom stereocenters. The van der Waals surface area contributed by atoms with Gasteiger partial charge in [-0.15, -0.1) is 0 Å². The fourth-order valence-electron chi connectivity index (χ4n) is 2.12. The third-order valence-electron chi connectivity index (χ3n) is 3.15. The number of nitrogens with two attached hydrogens (primary N) is 1. The van der Waals surface area contributed by atoms with E-state index >= 15 is 0 Å². The Morgan fingerprint density at radius 2 is 2.33 bits per heavy atom. The highest BCUT2D eigenvalue weighted by Gasteiger charge is 2.37. The molecular weight excluding hydrogens is 232 g/mol. The van der Waals surface area contributed by atoms with Gasteiger partial charge in [0.2, 0.25) is 5.88 Å². The van der Waals surface area contributed by atoms with Gasteiger partial charge in [-0.25, -0.2) is 4.98 Å². The Bertz CT molecular complexity index is 409. The molecule has 0 aliphatic heterocycles. The number of rotatable bonds is 7. The predicted octanol–water partition coefficient (Wildman–Crippen LogP) is 1.46. The van der Waals surface area contributed by atoms with Crippen LogP contribution in [0.3, 0.4) is 0 Å². The molecule has 0 saturated heterocycles. The molecule has 0 radical (unpaired) electrons. The molecule has 0 aromatic carbocycles. The van der Waals surface area contributed by atoms with Gasteiger partial charge < -0.3 is 15.6 Å². The summed E-state index contributed by atoms with van der Waals surface area (Å²) in [6.07, 6.45) is 3.26.